The molecular formula is C16H25NO2. The molecule has 3 heteroatoms. The Morgan fingerprint density at radius 2 is 2.16 bits per heavy atom. The molecule has 1 aliphatic rings. The van der Waals surface area contributed by atoms with Crippen molar-refractivity contribution in [2.24, 2.45) is 0 Å². The number of hydrogen-bond acceptors (Lipinski definition) is 3. The van der Waals surface area contributed by atoms with Gasteiger partial charge in [0.25, 0.3) is 0 Å². The Hall–Kier alpha value is -0.900. The lowest BCUT2D eigenvalue weighted by Crippen LogP contribution is -2.25. The van der Waals surface area contributed by atoms with Gasteiger partial charge in [0, 0.05) is 19.2 Å². The maximum absolute atomic E-state index is 5.64. The lowest BCUT2D eigenvalue weighted by atomic mass is 10.1. The van der Waals surface area contributed by atoms with Crippen molar-refractivity contribution >= 4 is 0 Å². The van der Waals surface area contributed by atoms with Gasteiger partial charge in [-0.3, -0.25) is 0 Å². The minimum absolute atomic E-state index is 0.328. The van der Waals surface area contributed by atoms with E-state index in [0.717, 1.165) is 32.8 Å². The average molecular weight is 263 g/mol. The van der Waals surface area contributed by atoms with Crippen LogP contribution in [0.5, 0.6) is 0 Å². The Kier molecular flexibility index (Phi) is 5.83. The van der Waals surface area contributed by atoms with Crippen LogP contribution < -0.4 is 5.32 Å². The molecule has 1 aromatic rings. The summed E-state index contributed by atoms with van der Waals surface area (Å²) in [7, 11) is 0. The van der Waals surface area contributed by atoms with Crippen molar-refractivity contribution in [2.45, 2.75) is 38.8 Å². The second kappa shape index (κ2) is 7.63. The summed E-state index contributed by atoms with van der Waals surface area (Å²) < 4.78 is 11.2. The van der Waals surface area contributed by atoms with Crippen molar-refractivity contribution in [3.63, 3.8) is 0 Å². The summed E-state index contributed by atoms with van der Waals surface area (Å²) in [5, 5.41) is 3.48. The Morgan fingerprint density at radius 3 is 2.84 bits per heavy atom. The molecule has 1 saturated heterocycles. The number of nitrogens with one attached hydrogen (secondary N) is 1. The minimum Gasteiger partial charge on any atom is -0.377 e. The molecule has 0 amide bonds. The fourth-order valence-corrected chi connectivity index (χ4v) is 2.31. The maximum Gasteiger partial charge on any atom is 0.0809 e. The van der Waals surface area contributed by atoms with Crippen LogP contribution in [0, 0.1) is 6.92 Å². The van der Waals surface area contributed by atoms with E-state index >= 15 is 0 Å². The van der Waals surface area contributed by atoms with Gasteiger partial charge in [0.2, 0.25) is 0 Å². The first-order valence-corrected chi connectivity index (χ1v) is 7.25. The molecule has 19 heavy (non-hydrogen) atoms. The highest BCUT2D eigenvalue weighted by Crippen LogP contribution is 2.13. The molecule has 0 unspecified atom stereocenters. The zero-order valence-corrected chi connectivity index (χ0v) is 12.0. The Balaban J connectivity index is 1.58. The molecule has 0 saturated carbocycles. The summed E-state index contributed by atoms with van der Waals surface area (Å²) in [6.45, 7) is 7.56. The smallest absolute Gasteiger partial charge is 0.0809 e. The van der Waals surface area contributed by atoms with Crippen molar-refractivity contribution in [3.05, 3.63) is 35.4 Å². The van der Waals surface area contributed by atoms with E-state index in [1.807, 2.05) is 0 Å². The van der Waals surface area contributed by atoms with E-state index in [1.165, 1.54) is 17.5 Å². The zero-order chi connectivity index (χ0) is 13.5. The van der Waals surface area contributed by atoms with Crippen LogP contribution in [0.15, 0.2) is 24.3 Å². The van der Waals surface area contributed by atoms with Crippen molar-refractivity contribution in [1.29, 1.82) is 0 Å². The van der Waals surface area contributed by atoms with Crippen LogP contribution in [0.4, 0.5) is 0 Å². The standard InChI is InChI=1S/C16H25NO2/c1-13-5-7-15(8-6-13)14(2)17-9-11-18-12-16-4-3-10-19-16/h5-8,14,16-17H,3-4,9-12H2,1-2H3/t14-,16+/m0/s1. The van der Waals surface area contributed by atoms with Gasteiger partial charge in [-0.1, -0.05) is 29.8 Å². The molecule has 0 aliphatic carbocycles. The van der Waals surface area contributed by atoms with Gasteiger partial charge in [0.1, 0.15) is 0 Å². The summed E-state index contributed by atoms with van der Waals surface area (Å²) in [5.41, 5.74) is 2.63. The van der Waals surface area contributed by atoms with Crippen LogP contribution in [0.25, 0.3) is 0 Å². The average Bonchev–Trinajstić information content (AvgIpc) is 2.92. The number of aryl methyl sites for hydroxylation is 1. The van der Waals surface area contributed by atoms with Crippen molar-refractivity contribution in [3.8, 4) is 0 Å². The molecule has 2 rings (SSSR count). The van der Waals surface area contributed by atoms with E-state index in [-0.39, 0.29) is 0 Å². The van der Waals surface area contributed by atoms with Crippen LogP contribution in [0.1, 0.15) is 36.9 Å². The molecule has 1 fully saturated rings. The van der Waals surface area contributed by atoms with Gasteiger partial charge in [-0.05, 0) is 32.3 Å². The predicted molar refractivity (Wildman–Crippen MR) is 77.4 cm³/mol. The topological polar surface area (TPSA) is 30.5 Å². The first-order valence-electron chi connectivity index (χ1n) is 7.25. The first-order chi connectivity index (χ1) is 9.25. The van der Waals surface area contributed by atoms with Gasteiger partial charge < -0.3 is 14.8 Å². The molecule has 0 spiro atoms. The second-order valence-electron chi connectivity index (χ2n) is 5.30. The third kappa shape index (κ3) is 4.94. The van der Waals surface area contributed by atoms with Crippen molar-refractivity contribution < 1.29 is 9.47 Å². The third-order valence-corrected chi connectivity index (χ3v) is 3.60. The van der Waals surface area contributed by atoms with Crippen LogP contribution >= 0.6 is 0 Å². The minimum atomic E-state index is 0.328. The lowest BCUT2D eigenvalue weighted by molar-refractivity contribution is 0.0179. The summed E-state index contributed by atoms with van der Waals surface area (Å²) in [4.78, 5) is 0. The Morgan fingerprint density at radius 1 is 1.37 bits per heavy atom. The van der Waals surface area contributed by atoms with Gasteiger partial charge in [0.05, 0.1) is 19.3 Å². The van der Waals surface area contributed by atoms with E-state index in [9.17, 15) is 0 Å². The normalized spacial score (nSPS) is 20.6. The largest absolute Gasteiger partial charge is 0.377 e. The molecule has 1 aromatic carbocycles. The first kappa shape index (κ1) is 14.5. The van der Waals surface area contributed by atoms with Gasteiger partial charge in [-0.25, -0.2) is 0 Å². The molecule has 3 nitrogen and oxygen atoms in total. The zero-order valence-electron chi connectivity index (χ0n) is 12.0. The van der Waals surface area contributed by atoms with Gasteiger partial charge in [-0.2, -0.15) is 0 Å². The summed E-state index contributed by atoms with van der Waals surface area (Å²) >= 11 is 0. The Labute approximate surface area is 116 Å². The molecule has 1 heterocycles. The fraction of sp³-hybridized carbons (Fsp3) is 0.625. The molecule has 1 aliphatic heterocycles. The van der Waals surface area contributed by atoms with E-state index < -0.39 is 0 Å². The molecular weight excluding hydrogens is 238 g/mol. The highest BCUT2D eigenvalue weighted by atomic mass is 16.5. The summed E-state index contributed by atoms with van der Waals surface area (Å²) in [6.07, 6.45) is 2.65. The van der Waals surface area contributed by atoms with E-state index in [1.54, 1.807) is 0 Å². The highest BCUT2D eigenvalue weighted by molar-refractivity contribution is 5.23. The predicted octanol–water partition coefficient (Wildman–Crippen LogP) is 2.84. The quantitative estimate of drug-likeness (QED) is 0.767. The number of rotatable bonds is 7. The SMILES string of the molecule is Cc1ccc([C@H](C)NCCOC[C@H]2CCCO2)cc1. The lowest BCUT2D eigenvalue weighted by Gasteiger charge is -2.15. The van der Waals surface area contributed by atoms with Crippen LogP contribution in [-0.2, 0) is 9.47 Å². The van der Waals surface area contributed by atoms with Crippen molar-refractivity contribution in [1.82, 2.24) is 5.32 Å². The number of hydrogen-bond donors (Lipinski definition) is 1. The van der Waals surface area contributed by atoms with Crippen molar-refractivity contribution in [2.75, 3.05) is 26.4 Å². The van der Waals surface area contributed by atoms with E-state index in [4.69, 9.17) is 9.47 Å². The molecule has 1 N–H and O–H groups in total. The number of ether oxygens (including phenoxy) is 2. The molecule has 2 atom stereocenters. The van der Waals surface area contributed by atoms with E-state index in [0.29, 0.717) is 12.1 Å². The highest BCUT2D eigenvalue weighted by Gasteiger charge is 2.15. The molecule has 0 radical (unpaired) electrons. The van der Waals surface area contributed by atoms with E-state index in [2.05, 4.69) is 43.4 Å². The Bertz CT molecular complexity index is 358. The molecule has 0 aromatic heterocycles. The van der Waals surface area contributed by atoms with Crippen LogP contribution in [0.2, 0.25) is 0 Å². The molecule has 106 valence electrons. The van der Waals surface area contributed by atoms with Crippen LogP contribution in [-0.4, -0.2) is 32.5 Å². The molecule has 0 bridgehead atoms. The fourth-order valence-electron chi connectivity index (χ4n) is 2.31. The van der Waals surface area contributed by atoms with Gasteiger partial charge in [0.15, 0.2) is 0 Å². The van der Waals surface area contributed by atoms with Gasteiger partial charge >= 0.3 is 0 Å². The van der Waals surface area contributed by atoms with Crippen LogP contribution in [0.3, 0.4) is 0 Å². The monoisotopic (exact) mass is 263 g/mol. The summed E-state index contributed by atoms with van der Waals surface area (Å²) in [6, 6.07) is 9.04. The number of benzene rings is 1. The second-order valence-corrected chi connectivity index (χ2v) is 5.30. The maximum atomic E-state index is 5.64. The summed E-state index contributed by atoms with van der Waals surface area (Å²) in [5.74, 6) is 0. The van der Waals surface area contributed by atoms with Gasteiger partial charge in [-0.15, -0.1) is 0 Å². The third-order valence-electron chi connectivity index (χ3n) is 3.60.